The maximum Gasteiger partial charge on any atom is 0.284 e. The van der Waals surface area contributed by atoms with Crippen molar-refractivity contribution >= 4 is 21.6 Å². The zero-order valence-corrected chi connectivity index (χ0v) is 12.0. The number of hydrogen-bond acceptors (Lipinski definition) is 3. The third-order valence-corrected chi connectivity index (χ3v) is 4.17. The van der Waals surface area contributed by atoms with E-state index in [1.807, 2.05) is 0 Å². The summed E-state index contributed by atoms with van der Waals surface area (Å²) >= 11 is 5.88. The van der Waals surface area contributed by atoms with E-state index in [4.69, 9.17) is 16.0 Å². The molecule has 0 spiro atoms. The highest BCUT2D eigenvalue weighted by molar-refractivity contribution is 7.90. The molecule has 0 unspecified atom stereocenters. The highest BCUT2D eigenvalue weighted by atomic mass is 35.5. The molecule has 0 bridgehead atoms. The molecule has 0 aliphatic heterocycles. The molecule has 0 radical (unpaired) electrons. The fourth-order valence-corrected chi connectivity index (χ4v) is 3.14. The van der Waals surface area contributed by atoms with E-state index in [2.05, 4.69) is 4.40 Å². The first-order chi connectivity index (χ1) is 8.88. The summed E-state index contributed by atoms with van der Waals surface area (Å²) in [6.07, 6.45) is 0. The summed E-state index contributed by atoms with van der Waals surface area (Å²) in [6, 6.07) is 9.32. The number of hydrogen-bond donors (Lipinski definition) is 0. The molecule has 0 fully saturated rings. The first kappa shape index (κ1) is 13.8. The van der Waals surface area contributed by atoms with E-state index in [1.54, 1.807) is 38.1 Å². The second-order valence-corrected chi connectivity index (χ2v) is 6.01. The maximum absolute atomic E-state index is 12.2. The first-order valence-electron chi connectivity index (χ1n) is 5.52. The fourth-order valence-electron chi connectivity index (χ4n) is 1.67. The van der Waals surface area contributed by atoms with Crippen molar-refractivity contribution in [3.63, 3.8) is 0 Å². The van der Waals surface area contributed by atoms with Crippen molar-refractivity contribution in [3.05, 3.63) is 58.3 Å². The quantitative estimate of drug-likeness (QED) is 0.856. The predicted octanol–water partition coefficient (Wildman–Crippen LogP) is 2.84. The Hall–Kier alpha value is -1.59. The second kappa shape index (κ2) is 5.19. The van der Waals surface area contributed by atoms with E-state index < -0.39 is 10.0 Å². The van der Waals surface area contributed by atoms with Crippen molar-refractivity contribution in [3.8, 4) is 0 Å². The summed E-state index contributed by atoms with van der Waals surface area (Å²) in [6.45, 7) is 3.46. The van der Waals surface area contributed by atoms with Gasteiger partial charge in [-0.1, -0.05) is 23.7 Å². The number of halogens is 1. The van der Waals surface area contributed by atoms with Crippen LogP contribution in [0.2, 0.25) is 5.02 Å². The van der Waals surface area contributed by atoms with Gasteiger partial charge >= 0.3 is 0 Å². The van der Waals surface area contributed by atoms with Crippen molar-refractivity contribution in [2.45, 2.75) is 18.7 Å². The van der Waals surface area contributed by atoms with Gasteiger partial charge in [-0.15, -0.1) is 0 Å². The Balaban J connectivity index is 2.62. The number of benzene rings is 1. The Morgan fingerprint density at radius 1 is 1.11 bits per heavy atom. The topological polar surface area (TPSA) is 59.6 Å². The minimum absolute atomic E-state index is 0.00670. The van der Waals surface area contributed by atoms with Gasteiger partial charge in [0.2, 0.25) is 0 Å². The molecule has 2 aromatic rings. The van der Waals surface area contributed by atoms with Crippen LogP contribution in [0.3, 0.4) is 0 Å². The van der Waals surface area contributed by atoms with Crippen molar-refractivity contribution < 1.29 is 12.8 Å². The SMILES string of the molecule is Cc1cc(=NS(=O)(=O)c2ccccc2Cl)cc(C)o1. The maximum atomic E-state index is 12.2. The molecule has 100 valence electrons. The van der Waals surface area contributed by atoms with Gasteiger partial charge in [-0.2, -0.15) is 12.8 Å². The molecular weight excluding hydrogens is 286 g/mol. The van der Waals surface area contributed by atoms with Crippen LogP contribution in [0.1, 0.15) is 11.5 Å². The van der Waals surface area contributed by atoms with Gasteiger partial charge in [0.25, 0.3) is 10.0 Å². The molecule has 0 N–H and O–H groups in total. The molecule has 0 amide bonds. The molecule has 0 aliphatic carbocycles. The lowest BCUT2D eigenvalue weighted by molar-refractivity contribution is 0.484. The van der Waals surface area contributed by atoms with Crippen LogP contribution in [-0.4, -0.2) is 8.42 Å². The van der Waals surface area contributed by atoms with Crippen LogP contribution in [0.5, 0.6) is 0 Å². The zero-order chi connectivity index (χ0) is 14.0. The third-order valence-electron chi connectivity index (χ3n) is 2.36. The number of sulfonamides is 1. The van der Waals surface area contributed by atoms with Gasteiger partial charge in [-0.3, -0.25) is 0 Å². The van der Waals surface area contributed by atoms with Crippen molar-refractivity contribution in [1.82, 2.24) is 0 Å². The Morgan fingerprint density at radius 2 is 1.68 bits per heavy atom. The van der Waals surface area contributed by atoms with Crippen LogP contribution < -0.4 is 5.36 Å². The standard InChI is InChI=1S/C13H12ClNO3S/c1-9-7-11(8-10(2)18-9)15-19(16,17)13-6-4-3-5-12(13)14/h3-8H,1-2H3. The number of nitrogens with zero attached hydrogens (tertiary/aromatic N) is 1. The Labute approximate surface area is 116 Å². The van der Waals surface area contributed by atoms with E-state index in [0.717, 1.165) is 0 Å². The van der Waals surface area contributed by atoms with Gasteiger partial charge in [-0.25, -0.2) is 0 Å². The van der Waals surface area contributed by atoms with Gasteiger partial charge in [0.15, 0.2) is 0 Å². The lowest BCUT2D eigenvalue weighted by Gasteiger charge is -2.01. The van der Waals surface area contributed by atoms with E-state index in [-0.39, 0.29) is 9.92 Å². The number of rotatable bonds is 2. The predicted molar refractivity (Wildman–Crippen MR) is 72.4 cm³/mol. The summed E-state index contributed by atoms with van der Waals surface area (Å²) in [4.78, 5) is -0.00670. The van der Waals surface area contributed by atoms with Crippen LogP contribution in [0, 0.1) is 13.8 Å². The minimum atomic E-state index is -3.83. The molecule has 1 aromatic carbocycles. The number of aryl methyl sites for hydroxylation is 2. The molecule has 0 aliphatic rings. The van der Waals surface area contributed by atoms with E-state index in [9.17, 15) is 8.42 Å². The van der Waals surface area contributed by atoms with Gasteiger partial charge < -0.3 is 4.42 Å². The van der Waals surface area contributed by atoms with E-state index in [0.29, 0.717) is 16.9 Å². The lowest BCUT2D eigenvalue weighted by Crippen LogP contribution is -2.08. The Kier molecular flexibility index (Phi) is 3.78. The van der Waals surface area contributed by atoms with Crippen molar-refractivity contribution in [2.75, 3.05) is 0 Å². The monoisotopic (exact) mass is 297 g/mol. The third kappa shape index (κ3) is 3.24. The Bertz CT molecular complexity index is 755. The Morgan fingerprint density at radius 3 is 2.26 bits per heavy atom. The van der Waals surface area contributed by atoms with Crippen LogP contribution in [0.25, 0.3) is 0 Å². The summed E-state index contributed by atoms with van der Waals surface area (Å²) in [7, 11) is -3.83. The highest BCUT2D eigenvalue weighted by Crippen LogP contribution is 2.21. The normalized spacial score (nSPS) is 11.3. The highest BCUT2D eigenvalue weighted by Gasteiger charge is 2.15. The first-order valence-corrected chi connectivity index (χ1v) is 7.34. The molecule has 1 heterocycles. The molecule has 2 rings (SSSR count). The molecule has 6 heteroatoms. The molecule has 19 heavy (non-hydrogen) atoms. The van der Waals surface area contributed by atoms with Gasteiger partial charge in [0.1, 0.15) is 16.4 Å². The minimum Gasteiger partial charge on any atom is -0.467 e. The summed E-state index contributed by atoms with van der Waals surface area (Å²) in [5.74, 6) is 1.18. The van der Waals surface area contributed by atoms with Crippen LogP contribution in [-0.2, 0) is 10.0 Å². The average molecular weight is 298 g/mol. The molecule has 1 aromatic heterocycles. The zero-order valence-electron chi connectivity index (χ0n) is 10.4. The van der Waals surface area contributed by atoms with Gasteiger partial charge in [0, 0.05) is 12.1 Å². The van der Waals surface area contributed by atoms with Gasteiger partial charge in [-0.05, 0) is 26.0 Å². The summed E-state index contributed by atoms with van der Waals surface area (Å²) in [5, 5.41) is 0.474. The van der Waals surface area contributed by atoms with Crippen LogP contribution in [0.4, 0.5) is 0 Å². The average Bonchev–Trinajstić information content (AvgIpc) is 2.26. The molecule has 4 nitrogen and oxygen atoms in total. The molecule has 0 saturated carbocycles. The van der Waals surface area contributed by atoms with Crippen LogP contribution in [0.15, 0.2) is 50.1 Å². The van der Waals surface area contributed by atoms with E-state index >= 15 is 0 Å². The molecular formula is C13H12ClNO3S. The second-order valence-electron chi connectivity index (χ2n) is 4.03. The van der Waals surface area contributed by atoms with Gasteiger partial charge in [0.05, 0.1) is 10.4 Å². The smallest absolute Gasteiger partial charge is 0.284 e. The summed E-state index contributed by atoms with van der Waals surface area (Å²) in [5.41, 5.74) is 0. The largest absolute Gasteiger partial charge is 0.467 e. The molecule has 0 saturated heterocycles. The van der Waals surface area contributed by atoms with E-state index in [1.165, 1.54) is 12.1 Å². The fraction of sp³-hybridized carbons (Fsp3) is 0.154. The van der Waals surface area contributed by atoms with Crippen molar-refractivity contribution in [2.24, 2.45) is 4.40 Å². The van der Waals surface area contributed by atoms with Crippen molar-refractivity contribution in [1.29, 1.82) is 0 Å². The molecule has 0 atom stereocenters. The summed E-state index contributed by atoms with van der Waals surface area (Å²) < 4.78 is 33.4. The van der Waals surface area contributed by atoms with Crippen LogP contribution >= 0.6 is 11.6 Å². The lowest BCUT2D eigenvalue weighted by atomic mass is 10.3.